The van der Waals surface area contributed by atoms with Crippen LogP contribution < -0.4 is 4.74 Å². The minimum atomic E-state index is -1.54. The zero-order chi connectivity index (χ0) is 15.4. The van der Waals surface area contributed by atoms with Crippen LogP contribution in [0.15, 0.2) is 42.5 Å². The second-order valence-corrected chi connectivity index (χ2v) is 5.11. The fourth-order valence-electron chi connectivity index (χ4n) is 1.71. The molecule has 0 aliphatic heterocycles. The number of benzene rings is 2. The Bertz CT molecular complexity index is 620. The lowest BCUT2D eigenvalue weighted by molar-refractivity contribution is -0.146. The zero-order valence-electron chi connectivity index (χ0n) is 10.8. The van der Waals surface area contributed by atoms with E-state index in [1.807, 2.05) is 0 Å². The summed E-state index contributed by atoms with van der Waals surface area (Å²) in [5.74, 6) is -0.779. The van der Waals surface area contributed by atoms with E-state index in [1.165, 1.54) is 12.1 Å². The lowest BCUT2D eigenvalue weighted by atomic mass is 10.1. The van der Waals surface area contributed by atoms with E-state index in [0.29, 0.717) is 21.4 Å². The molecule has 0 amide bonds. The Morgan fingerprint density at radius 1 is 1.10 bits per heavy atom. The molecule has 0 aliphatic rings. The van der Waals surface area contributed by atoms with Gasteiger partial charge in [0, 0.05) is 15.6 Å². The van der Waals surface area contributed by atoms with Crippen molar-refractivity contribution in [2.45, 2.75) is 12.7 Å². The normalized spacial score (nSPS) is 12.0. The summed E-state index contributed by atoms with van der Waals surface area (Å²) in [6.07, 6.45) is -1.54. The van der Waals surface area contributed by atoms with Gasteiger partial charge in [-0.2, -0.15) is 0 Å². The van der Waals surface area contributed by atoms with Crippen LogP contribution in [0, 0.1) is 0 Å². The van der Waals surface area contributed by atoms with E-state index in [1.54, 1.807) is 30.3 Å². The van der Waals surface area contributed by atoms with E-state index >= 15 is 0 Å². The minimum absolute atomic E-state index is 0.194. The molecule has 0 fully saturated rings. The molecule has 0 bridgehead atoms. The standard InChI is InChI=1S/C15H12Cl2O4/c16-12-2-1-3-13(17)11(12)8-21-10-6-4-9(5-7-10)14(18)15(19)20/h1-7,14,18H,8H2,(H,19,20). The van der Waals surface area contributed by atoms with Crippen LogP contribution >= 0.6 is 23.2 Å². The molecule has 0 saturated carbocycles. The largest absolute Gasteiger partial charge is 0.489 e. The van der Waals surface area contributed by atoms with Crippen molar-refractivity contribution in [3.63, 3.8) is 0 Å². The first kappa shape index (κ1) is 15.6. The number of aliphatic hydroxyl groups is 1. The number of carboxylic acid groups (broad SMARTS) is 1. The summed E-state index contributed by atoms with van der Waals surface area (Å²) in [4.78, 5) is 10.7. The molecule has 4 nitrogen and oxygen atoms in total. The maximum atomic E-state index is 10.7. The Hall–Kier alpha value is -1.75. The molecule has 21 heavy (non-hydrogen) atoms. The highest BCUT2D eigenvalue weighted by atomic mass is 35.5. The predicted molar refractivity (Wildman–Crippen MR) is 79.8 cm³/mol. The number of hydrogen-bond acceptors (Lipinski definition) is 3. The molecule has 0 spiro atoms. The van der Waals surface area contributed by atoms with Crippen LogP contribution in [0.2, 0.25) is 10.0 Å². The average molecular weight is 327 g/mol. The third-order valence-electron chi connectivity index (χ3n) is 2.87. The van der Waals surface area contributed by atoms with Crippen LogP contribution in [0.25, 0.3) is 0 Å². The summed E-state index contributed by atoms with van der Waals surface area (Å²) in [5.41, 5.74) is 0.959. The molecule has 0 aromatic heterocycles. The molecule has 2 rings (SSSR count). The van der Waals surface area contributed by atoms with Gasteiger partial charge in [-0.3, -0.25) is 0 Å². The summed E-state index contributed by atoms with van der Waals surface area (Å²) in [7, 11) is 0. The van der Waals surface area contributed by atoms with Gasteiger partial charge in [0.2, 0.25) is 0 Å². The van der Waals surface area contributed by atoms with Gasteiger partial charge in [0.25, 0.3) is 0 Å². The van der Waals surface area contributed by atoms with Gasteiger partial charge in [0.15, 0.2) is 6.10 Å². The van der Waals surface area contributed by atoms with Gasteiger partial charge >= 0.3 is 5.97 Å². The highest BCUT2D eigenvalue weighted by molar-refractivity contribution is 6.35. The van der Waals surface area contributed by atoms with E-state index in [2.05, 4.69) is 0 Å². The third-order valence-corrected chi connectivity index (χ3v) is 3.58. The van der Waals surface area contributed by atoms with Gasteiger partial charge in [-0.15, -0.1) is 0 Å². The zero-order valence-corrected chi connectivity index (χ0v) is 12.3. The molecule has 0 saturated heterocycles. The number of carboxylic acids is 1. The quantitative estimate of drug-likeness (QED) is 0.879. The summed E-state index contributed by atoms with van der Waals surface area (Å²) in [6.45, 7) is 0.194. The summed E-state index contributed by atoms with van der Waals surface area (Å²) in [6, 6.07) is 11.3. The molecule has 0 aliphatic carbocycles. The van der Waals surface area contributed by atoms with Gasteiger partial charge in [0.1, 0.15) is 12.4 Å². The fourth-order valence-corrected chi connectivity index (χ4v) is 2.22. The molecule has 1 atom stereocenters. The lowest BCUT2D eigenvalue weighted by Crippen LogP contribution is -2.10. The van der Waals surface area contributed by atoms with Gasteiger partial charge in [0.05, 0.1) is 0 Å². The number of ether oxygens (including phenoxy) is 1. The van der Waals surface area contributed by atoms with Gasteiger partial charge < -0.3 is 14.9 Å². The maximum Gasteiger partial charge on any atom is 0.337 e. The Morgan fingerprint density at radius 2 is 1.67 bits per heavy atom. The molecule has 2 aromatic rings. The average Bonchev–Trinajstić information content (AvgIpc) is 2.46. The van der Waals surface area contributed by atoms with Crippen molar-refractivity contribution in [1.29, 1.82) is 0 Å². The second kappa shape index (κ2) is 6.80. The highest BCUT2D eigenvalue weighted by Crippen LogP contribution is 2.26. The molecule has 0 heterocycles. The number of carbonyl (C=O) groups is 1. The Labute approximate surface area is 131 Å². The van der Waals surface area contributed by atoms with Gasteiger partial charge in [-0.05, 0) is 29.8 Å². The number of hydrogen-bond donors (Lipinski definition) is 2. The summed E-state index contributed by atoms with van der Waals surface area (Å²) >= 11 is 12.1. The minimum Gasteiger partial charge on any atom is -0.489 e. The fraction of sp³-hybridized carbons (Fsp3) is 0.133. The second-order valence-electron chi connectivity index (χ2n) is 4.30. The highest BCUT2D eigenvalue weighted by Gasteiger charge is 2.15. The Balaban J connectivity index is 2.06. The van der Waals surface area contributed by atoms with Gasteiger partial charge in [-0.1, -0.05) is 41.4 Å². The predicted octanol–water partition coefficient (Wildman–Crippen LogP) is 3.69. The van der Waals surface area contributed by atoms with Crippen LogP contribution in [-0.2, 0) is 11.4 Å². The number of aliphatic hydroxyl groups excluding tert-OH is 1. The monoisotopic (exact) mass is 326 g/mol. The smallest absolute Gasteiger partial charge is 0.337 e. The molecule has 0 radical (unpaired) electrons. The summed E-state index contributed by atoms with van der Waals surface area (Å²) in [5, 5.41) is 19.1. The molecule has 1 unspecified atom stereocenters. The lowest BCUT2D eigenvalue weighted by Gasteiger charge is -2.11. The van der Waals surface area contributed by atoms with E-state index in [0.717, 1.165) is 0 Å². The van der Waals surface area contributed by atoms with Crippen molar-refractivity contribution >= 4 is 29.2 Å². The Morgan fingerprint density at radius 3 is 2.19 bits per heavy atom. The van der Waals surface area contributed by atoms with E-state index < -0.39 is 12.1 Å². The van der Waals surface area contributed by atoms with Crippen molar-refractivity contribution in [3.8, 4) is 5.75 Å². The van der Waals surface area contributed by atoms with E-state index in [9.17, 15) is 9.90 Å². The molecule has 2 aromatic carbocycles. The van der Waals surface area contributed by atoms with Crippen LogP contribution in [0.3, 0.4) is 0 Å². The molecule has 110 valence electrons. The Kier molecular flexibility index (Phi) is 5.07. The van der Waals surface area contributed by atoms with Crippen LogP contribution in [0.5, 0.6) is 5.75 Å². The van der Waals surface area contributed by atoms with Crippen molar-refractivity contribution in [2.75, 3.05) is 0 Å². The van der Waals surface area contributed by atoms with Crippen LogP contribution in [-0.4, -0.2) is 16.2 Å². The topological polar surface area (TPSA) is 66.8 Å². The van der Waals surface area contributed by atoms with Gasteiger partial charge in [-0.25, -0.2) is 4.79 Å². The van der Waals surface area contributed by atoms with E-state index in [4.69, 9.17) is 33.0 Å². The number of aliphatic carboxylic acids is 1. The first-order chi connectivity index (χ1) is 9.99. The van der Waals surface area contributed by atoms with E-state index in [-0.39, 0.29) is 12.2 Å². The van der Waals surface area contributed by atoms with Crippen LogP contribution in [0.1, 0.15) is 17.2 Å². The number of halogens is 2. The van der Waals surface area contributed by atoms with Crippen molar-refractivity contribution in [2.24, 2.45) is 0 Å². The summed E-state index contributed by atoms with van der Waals surface area (Å²) < 4.78 is 5.55. The SMILES string of the molecule is O=C(O)C(O)c1ccc(OCc2c(Cl)cccc2Cl)cc1. The molecule has 2 N–H and O–H groups in total. The van der Waals surface area contributed by atoms with Crippen molar-refractivity contribution in [3.05, 3.63) is 63.6 Å². The molecular formula is C15H12Cl2O4. The van der Waals surface area contributed by atoms with Crippen molar-refractivity contribution in [1.82, 2.24) is 0 Å². The maximum absolute atomic E-state index is 10.7. The third kappa shape index (κ3) is 3.88. The molecule has 6 heteroatoms. The number of rotatable bonds is 5. The molecular weight excluding hydrogens is 315 g/mol. The van der Waals surface area contributed by atoms with Crippen LogP contribution in [0.4, 0.5) is 0 Å². The first-order valence-corrected chi connectivity index (χ1v) is 6.81. The first-order valence-electron chi connectivity index (χ1n) is 6.05. The van der Waals surface area contributed by atoms with Crippen molar-refractivity contribution < 1.29 is 19.7 Å².